The van der Waals surface area contributed by atoms with Crippen LogP contribution < -0.4 is 0 Å². The first-order valence-electron chi connectivity index (χ1n) is 8.39. The summed E-state index contributed by atoms with van der Waals surface area (Å²) in [7, 11) is 0. The summed E-state index contributed by atoms with van der Waals surface area (Å²) < 4.78 is 26.5. The fourth-order valence-corrected chi connectivity index (χ4v) is 2.84. The van der Waals surface area contributed by atoms with Crippen LogP contribution in [-0.4, -0.2) is 0 Å². The minimum atomic E-state index is -0.563. The molecular weight excluding hydrogens is 314 g/mol. The molecule has 2 heteroatoms. The van der Waals surface area contributed by atoms with E-state index in [1.165, 1.54) is 23.3 Å². The number of rotatable bonds is 5. The summed E-state index contributed by atoms with van der Waals surface area (Å²) in [6.07, 6.45) is 4.47. The highest BCUT2D eigenvalue weighted by atomic mass is 19.1. The van der Waals surface area contributed by atoms with Crippen LogP contribution in [0.25, 0.3) is 12.2 Å². The lowest BCUT2D eigenvalue weighted by molar-refractivity contribution is 0.581. The largest absolute Gasteiger partial charge is 0.207 e. The van der Waals surface area contributed by atoms with Gasteiger partial charge in [0.2, 0.25) is 0 Å². The van der Waals surface area contributed by atoms with Crippen molar-refractivity contribution < 1.29 is 8.78 Å². The molecule has 3 aromatic rings. The molecule has 0 radical (unpaired) electrons. The summed E-state index contributed by atoms with van der Waals surface area (Å²) in [6.45, 7) is 2.22. The topological polar surface area (TPSA) is 0 Å². The molecule has 0 aliphatic rings. The molecule has 0 heterocycles. The van der Waals surface area contributed by atoms with Crippen LogP contribution in [0.1, 0.15) is 35.1 Å². The number of benzene rings is 3. The standard InChI is InChI=1S/C23H20F2/c1-17(20-5-3-2-4-6-20)15-19-9-7-18(8-10-19)11-12-21-13-14-22(24)16-23(21)25/h2-14,16-17H,15H2,1H3/t17-/m0/s1. The molecule has 0 bridgehead atoms. The van der Waals surface area contributed by atoms with Crippen molar-refractivity contribution >= 4 is 12.2 Å². The molecule has 0 nitrogen and oxygen atoms in total. The second-order valence-corrected chi connectivity index (χ2v) is 6.26. The minimum absolute atomic E-state index is 0.378. The summed E-state index contributed by atoms with van der Waals surface area (Å²) in [5.74, 6) is -0.660. The van der Waals surface area contributed by atoms with Crippen molar-refractivity contribution in [2.24, 2.45) is 0 Å². The number of hydrogen-bond acceptors (Lipinski definition) is 0. The van der Waals surface area contributed by atoms with Crippen LogP contribution >= 0.6 is 0 Å². The first kappa shape index (κ1) is 17.1. The average molecular weight is 334 g/mol. The Bertz CT molecular complexity index is 849. The molecule has 0 saturated carbocycles. The van der Waals surface area contributed by atoms with Gasteiger partial charge in [-0.15, -0.1) is 0 Å². The molecule has 0 aromatic heterocycles. The van der Waals surface area contributed by atoms with Gasteiger partial charge in [-0.3, -0.25) is 0 Å². The normalized spacial score (nSPS) is 12.4. The fraction of sp³-hybridized carbons (Fsp3) is 0.130. The molecule has 3 rings (SSSR count). The van der Waals surface area contributed by atoms with Gasteiger partial charge in [0.1, 0.15) is 11.6 Å². The summed E-state index contributed by atoms with van der Waals surface area (Å²) in [6, 6.07) is 22.3. The van der Waals surface area contributed by atoms with E-state index < -0.39 is 11.6 Å². The molecule has 0 spiro atoms. The van der Waals surface area contributed by atoms with Gasteiger partial charge in [0.25, 0.3) is 0 Å². The quantitative estimate of drug-likeness (QED) is 0.468. The first-order chi connectivity index (χ1) is 12.1. The van der Waals surface area contributed by atoms with Crippen LogP contribution in [0, 0.1) is 11.6 Å². The fourth-order valence-electron chi connectivity index (χ4n) is 2.84. The van der Waals surface area contributed by atoms with Crippen molar-refractivity contribution in [3.63, 3.8) is 0 Å². The van der Waals surface area contributed by atoms with Crippen molar-refractivity contribution in [1.29, 1.82) is 0 Å². The van der Waals surface area contributed by atoms with E-state index in [0.29, 0.717) is 11.5 Å². The summed E-state index contributed by atoms with van der Waals surface area (Å²) >= 11 is 0. The summed E-state index contributed by atoms with van der Waals surface area (Å²) in [5, 5.41) is 0. The Balaban J connectivity index is 1.67. The molecule has 3 aromatic carbocycles. The Labute approximate surface area is 147 Å². The predicted octanol–water partition coefficient (Wildman–Crippen LogP) is 6.48. The molecule has 0 fully saturated rings. The SMILES string of the molecule is C[C@@H](Cc1ccc(C=Cc2ccc(F)cc2F)cc1)c1ccccc1. The highest BCUT2D eigenvalue weighted by Crippen LogP contribution is 2.21. The molecule has 0 N–H and O–H groups in total. The van der Waals surface area contributed by atoms with Gasteiger partial charge in [0.05, 0.1) is 0 Å². The molecule has 0 aliphatic heterocycles. The van der Waals surface area contributed by atoms with Gasteiger partial charge in [-0.05, 0) is 41.2 Å². The number of hydrogen-bond donors (Lipinski definition) is 0. The smallest absolute Gasteiger partial charge is 0.133 e. The molecule has 0 unspecified atom stereocenters. The van der Waals surface area contributed by atoms with E-state index in [4.69, 9.17) is 0 Å². The average Bonchev–Trinajstić information content (AvgIpc) is 2.63. The maximum absolute atomic E-state index is 13.6. The second kappa shape index (κ2) is 7.89. The highest BCUT2D eigenvalue weighted by Gasteiger charge is 2.06. The van der Waals surface area contributed by atoms with E-state index in [9.17, 15) is 8.78 Å². The molecule has 0 aliphatic carbocycles. The van der Waals surface area contributed by atoms with Crippen molar-refractivity contribution in [1.82, 2.24) is 0 Å². The van der Waals surface area contributed by atoms with Crippen LogP contribution in [0.4, 0.5) is 8.78 Å². The van der Waals surface area contributed by atoms with E-state index in [-0.39, 0.29) is 0 Å². The summed E-state index contributed by atoms with van der Waals surface area (Å²) in [4.78, 5) is 0. The second-order valence-electron chi connectivity index (χ2n) is 6.26. The zero-order valence-corrected chi connectivity index (χ0v) is 14.1. The summed E-state index contributed by atoms with van der Waals surface area (Å²) in [5.41, 5.74) is 3.96. The Morgan fingerprint density at radius 1 is 0.840 bits per heavy atom. The highest BCUT2D eigenvalue weighted by molar-refractivity contribution is 5.69. The zero-order valence-electron chi connectivity index (χ0n) is 14.1. The molecule has 0 amide bonds. The van der Waals surface area contributed by atoms with Gasteiger partial charge in [0, 0.05) is 11.6 Å². The number of halogens is 2. The lowest BCUT2D eigenvalue weighted by Gasteiger charge is -2.12. The van der Waals surface area contributed by atoms with Crippen molar-refractivity contribution in [3.05, 3.63) is 107 Å². The van der Waals surface area contributed by atoms with Crippen LogP contribution in [0.2, 0.25) is 0 Å². The van der Waals surface area contributed by atoms with Gasteiger partial charge in [-0.25, -0.2) is 8.78 Å². The lowest BCUT2D eigenvalue weighted by atomic mass is 9.93. The Kier molecular flexibility index (Phi) is 5.39. The van der Waals surface area contributed by atoms with Crippen molar-refractivity contribution in [2.75, 3.05) is 0 Å². The van der Waals surface area contributed by atoms with Gasteiger partial charge in [-0.2, -0.15) is 0 Å². The zero-order chi connectivity index (χ0) is 17.6. The Hall–Kier alpha value is -2.74. The molecule has 0 saturated heterocycles. The Morgan fingerprint density at radius 2 is 1.56 bits per heavy atom. The van der Waals surface area contributed by atoms with E-state index >= 15 is 0 Å². The third kappa shape index (κ3) is 4.63. The van der Waals surface area contributed by atoms with E-state index in [0.717, 1.165) is 18.1 Å². The van der Waals surface area contributed by atoms with Crippen LogP contribution in [-0.2, 0) is 6.42 Å². The monoisotopic (exact) mass is 334 g/mol. The third-order valence-corrected chi connectivity index (χ3v) is 4.31. The lowest BCUT2D eigenvalue weighted by Crippen LogP contribution is -1.98. The third-order valence-electron chi connectivity index (χ3n) is 4.31. The first-order valence-corrected chi connectivity index (χ1v) is 8.39. The van der Waals surface area contributed by atoms with E-state index in [1.54, 1.807) is 6.08 Å². The molecule has 25 heavy (non-hydrogen) atoms. The van der Waals surface area contributed by atoms with Gasteiger partial charge < -0.3 is 0 Å². The Morgan fingerprint density at radius 3 is 2.24 bits per heavy atom. The minimum Gasteiger partial charge on any atom is -0.207 e. The van der Waals surface area contributed by atoms with Crippen molar-refractivity contribution in [2.45, 2.75) is 19.3 Å². The van der Waals surface area contributed by atoms with Crippen LogP contribution in [0.5, 0.6) is 0 Å². The molecule has 126 valence electrons. The predicted molar refractivity (Wildman–Crippen MR) is 100 cm³/mol. The maximum atomic E-state index is 13.6. The molecule has 1 atom stereocenters. The van der Waals surface area contributed by atoms with Gasteiger partial charge in [0.15, 0.2) is 0 Å². The van der Waals surface area contributed by atoms with Crippen LogP contribution in [0.3, 0.4) is 0 Å². The maximum Gasteiger partial charge on any atom is 0.133 e. The van der Waals surface area contributed by atoms with Gasteiger partial charge >= 0.3 is 0 Å². The van der Waals surface area contributed by atoms with Crippen molar-refractivity contribution in [3.8, 4) is 0 Å². The van der Waals surface area contributed by atoms with E-state index in [2.05, 4.69) is 43.3 Å². The molecular formula is C23H20F2. The van der Waals surface area contributed by atoms with Crippen LogP contribution in [0.15, 0.2) is 72.8 Å². The van der Waals surface area contributed by atoms with Gasteiger partial charge in [-0.1, -0.05) is 73.7 Å². The van der Waals surface area contributed by atoms with E-state index in [1.807, 2.05) is 24.3 Å².